The highest BCUT2D eigenvalue weighted by atomic mass is 32.2. The Bertz CT molecular complexity index is 1170. The molecule has 1 aromatic heterocycles. The predicted octanol–water partition coefficient (Wildman–Crippen LogP) is 2.83. The molecular formula is C20H21F5N4O4S. The SMILES string of the molecule is CS(=O)(=O)c1cc(F)c(C[C@H]2CCN(C3CCN(c4nc(C(F)(F)F)no4)CC3)C2=O)c(F)c1. The molecule has 0 spiro atoms. The van der Waals surface area contributed by atoms with Crippen LogP contribution in [0.1, 0.15) is 30.7 Å². The molecule has 1 atom stereocenters. The molecule has 1 aromatic carbocycles. The van der Waals surface area contributed by atoms with Crippen molar-refractivity contribution in [2.45, 2.75) is 42.8 Å². The van der Waals surface area contributed by atoms with Crippen LogP contribution >= 0.6 is 0 Å². The highest BCUT2D eigenvalue weighted by Crippen LogP contribution is 2.32. The van der Waals surface area contributed by atoms with E-state index in [2.05, 4.69) is 10.1 Å². The first-order chi connectivity index (χ1) is 15.8. The van der Waals surface area contributed by atoms with E-state index >= 15 is 0 Å². The molecule has 34 heavy (non-hydrogen) atoms. The van der Waals surface area contributed by atoms with Crippen LogP contribution < -0.4 is 4.90 Å². The van der Waals surface area contributed by atoms with Crippen LogP contribution in [0.2, 0.25) is 0 Å². The number of anilines is 1. The molecule has 0 unspecified atom stereocenters. The van der Waals surface area contributed by atoms with Gasteiger partial charge >= 0.3 is 12.2 Å². The maximum atomic E-state index is 14.4. The Balaban J connectivity index is 1.38. The lowest BCUT2D eigenvalue weighted by Crippen LogP contribution is -2.46. The number of nitrogens with zero attached hydrogens (tertiary/aromatic N) is 4. The van der Waals surface area contributed by atoms with Crippen LogP contribution in [0.25, 0.3) is 0 Å². The average Bonchev–Trinajstić information content (AvgIpc) is 3.37. The average molecular weight is 508 g/mol. The molecule has 2 aliphatic heterocycles. The topological polar surface area (TPSA) is 96.6 Å². The van der Waals surface area contributed by atoms with Crippen molar-refractivity contribution in [3.8, 4) is 0 Å². The summed E-state index contributed by atoms with van der Waals surface area (Å²) in [4.78, 5) is 19.0. The van der Waals surface area contributed by atoms with Gasteiger partial charge in [-0.05, 0) is 43.0 Å². The van der Waals surface area contributed by atoms with Crippen LogP contribution in [0, 0.1) is 17.6 Å². The van der Waals surface area contributed by atoms with E-state index in [9.17, 15) is 35.2 Å². The Morgan fingerprint density at radius 1 is 1.09 bits per heavy atom. The number of alkyl halides is 3. The van der Waals surface area contributed by atoms with Gasteiger partial charge in [-0.25, -0.2) is 17.2 Å². The molecule has 1 amide bonds. The minimum atomic E-state index is -4.71. The number of halogens is 5. The van der Waals surface area contributed by atoms with Crippen molar-refractivity contribution >= 4 is 21.8 Å². The third-order valence-electron chi connectivity index (χ3n) is 6.19. The first-order valence-corrected chi connectivity index (χ1v) is 12.4. The molecule has 186 valence electrons. The van der Waals surface area contributed by atoms with Gasteiger partial charge in [0.25, 0.3) is 5.82 Å². The number of carbonyl (C=O) groups excluding carboxylic acids is 1. The van der Waals surface area contributed by atoms with E-state index in [1.807, 2.05) is 0 Å². The second-order valence-electron chi connectivity index (χ2n) is 8.48. The molecular weight excluding hydrogens is 487 g/mol. The molecule has 0 radical (unpaired) electrons. The standard InChI is InChI=1S/C20H21F5N4O4S/c1-34(31,32)13-9-15(21)14(16(22)10-13)8-11-2-7-29(17(11)30)12-3-5-28(6-4-12)19-26-18(27-33-19)20(23,24)25/h9-12H,2-8H2,1H3/t11-/m1/s1. The number of carbonyl (C=O) groups is 1. The van der Waals surface area contributed by atoms with Crippen molar-refractivity contribution in [2.75, 3.05) is 30.8 Å². The Morgan fingerprint density at radius 3 is 2.24 bits per heavy atom. The Morgan fingerprint density at radius 2 is 1.71 bits per heavy atom. The van der Waals surface area contributed by atoms with Crippen molar-refractivity contribution in [3.05, 3.63) is 35.2 Å². The van der Waals surface area contributed by atoms with Gasteiger partial charge in [0, 0.05) is 43.4 Å². The van der Waals surface area contributed by atoms with E-state index < -0.39 is 44.3 Å². The number of hydrogen-bond acceptors (Lipinski definition) is 7. The summed E-state index contributed by atoms with van der Waals surface area (Å²) in [6.45, 7) is 0.987. The largest absolute Gasteiger partial charge is 0.455 e. The van der Waals surface area contributed by atoms with Crippen molar-refractivity contribution in [1.29, 1.82) is 0 Å². The minimum Gasteiger partial charge on any atom is -0.339 e. The van der Waals surface area contributed by atoms with Gasteiger partial charge in [-0.15, -0.1) is 0 Å². The van der Waals surface area contributed by atoms with Gasteiger partial charge in [-0.1, -0.05) is 0 Å². The van der Waals surface area contributed by atoms with Gasteiger partial charge in [-0.2, -0.15) is 18.2 Å². The van der Waals surface area contributed by atoms with E-state index in [0.717, 1.165) is 18.4 Å². The lowest BCUT2D eigenvalue weighted by atomic mass is 9.97. The number of rotatable bonds is 5. The summed E-state index contributed by atoms with van der Waals surface area (Å²) in [5.41, 5.74) is -0.334. The molecule has 0 aliphatic carbocycles. The van der Waals surface area contributed by atoms with Crippen LogP contribution in [-0.2, 0) is 27.2 Å². The summed E-state index contributed by atoms with van der Waals surface area (Å²) in [5.74, 6) is -4.31. The van der Waals surface area contributed by atoms with Gasteiger partial charge < -0.3 is 14.3 Å². The molecule has 2 aliphatic rings. The summed E-state index contributed by atoms with van der Waals surface area (Å²) < 4.78 is 94.7. The summed E-state index contributed by atoms with van der Waals surface area (Å²) in [6.07, 6.45) is -2.77. The van der Waals surface area contributed by atoms with Crippen molar-refractivity contribution in [3.63, 3.8) is 0 Å². The highest BCUT2D eigenvalue weighted by molar-refractivity contribution is 7.90. The number of piperidine rings is 1. The van der Waals surface area contributed by atoms with E-state index in [1.165, 1.54) is 4.90 Å². The van der Waals surface area contributed by atoms with Crippen LogP contribution in [0.4, 0.5) is 28.0 Å². The number of benzene rings is 1. The summed E-state index contributed by atoms with van der Waals surface area (Å²) in [5, 5.41) is 2.94. The summed E-state index contributed by atoms with van der Waals surface area (Å²) >= 11 is 0. The molecule has 0 N–H and O–H groups in total. The van der Waals surface area contributed by atoms with E-state index in [0.29, 0.717) is 38.9 Å². The molecule has 4 rings (SSSR count). The zero-order valence-corrected chi connectivity index (χ0v) is 18.8. The van der Waals surface area contributed by atoms with Crippen LogP contribution in [0.5, 0.6) is 0 Å². The van der Waals surface area contributed by atoms with E-state index in [4.69, 9.17) is 4.52 Å². The van der Waals surface area contributed by atoms with Crippen LogP contribution in [0.3, 0.4) is 0 Å². The second-order valence-corrected chi connectivity index (χ2v) is 10.5. The van der Waals surface area contributed by atoms with Crippen LogP contribution in [0.15, 0.2) is 21.6 Å². The minimum absolute atomic E-state index is 0.180. The number of amides is 1. The number of likely N-dealkylation sites (tertiary alicyclic amines) is 1. The molecule has 0 bridgehead atoms. The lowest BCUT2D eigenvalue weighted by Gasteiger charge is -2.36. The maximum absolute atomic E-state index is 14.4. The Hall–Kier alpha value is -2.77. The molecule has 2 saturated heterocycles. The van der Waals surface area contributed by atoms with Gasteiger partial charge in [0.15, 0.2) is 9.84 Å². The third kappa shape index (κ3) is 4.86. The lowest BCUT2D eigenvalue weighted by molar-refractivity contribution is -0.146. The van der Waals surface area contributed by atoms with E-state index in [1.54, 1.807) is 4.90 Å². The van der Waals surface area contributed by atoms with Crippen molar-refractivity contribution in [1.82, 2.24) is 15.0 Å². The second kappa shape index (κ2) is 8.78. The Kier molecular flexibility index (Phi) is 6.29. The van der Waals surface area contributed by atoms with Gasteiger partial charge in [0.05, 0.1) is 4.90 Å². The van der Waals surface area contributed by atoms with E-state index in [-0.39, 0.29) is 29.9 Å². The number of aromatic nitrogens is 2. The number of sulfone groups is 1. The predicted molar refractivity (Wildman–Crippen MR) is 108 cm³/mol. The summed E-state index contributed by atoms with van der Waals surface area (Å²) in [7, 11) is -3.79. The fraction of sp³-hybridized carbons (Fsp3) is 0.550. The molecule has 8 nitrogen and oxygen atoms in total. The first-order valence-electron chi connectivity index (χ1n) is 10.5. The highest BCUT2D eigenvalue weighted by Gasteiger charge is 2.40. The van der Waals surface area contributed by atoms with Crippen molar-refractivity contribution in [2.24, 2.45) is 5.92 Å². The first kappa shape index (κ1) is 24.4. The fourth-order valence-electron chi connectivity index (χ4n) is 4.38. The molecule has 0 saturated carbocycles. The van der Waals surface area contributed by atoms with Gasteiger partial charge in [-0.3, -0.25) is 4.79 Å². The quantitative estimate of drug-likeness (QED) is 0.573. The van der Waals surface area contributed by atoms with Gasteiger partial charge in [0.1, 0.15) is 11.6 Å². The molecule has 2 fully saturated rings. The van der Waals surface area contributed by atoms with Crippen LogP contribution in [-0.4, -0.2) is 61.3 Å². The molecule has 14 heteroatoms. The fourth-order valence-corrected chi connectivity index (χ4v) is 5.01. The third-order valence-corrected chi connectivity index (χ3v) is 7.28. The Labute approximate surface area is 191 Å². The smallest absolute Gasteiger partial charge is 0.339 e. The zero-order chi connectivity index (χ0) is 24.8. The normalized spacial score (nSPS) is 20.4. The number of hydrogen-bond donors (Lipinski definition) is 0. The maximum Gasteiger partial charge on any atom is 0.455 e. The van der Waals surface area contributed by atoms with Crippen molar-refractivity contribution < 1.29 is 39.7 Å². The van der Waals surface area contributed by atoms with Gasteiger partial charge in [0.2, 0.25) is 5.91 Å². The molecule has 3 heterocycles. The monoisotopic (exact) mass is 508 g/mol. The zero-order valence-electron chi connectivity index (χ0n) is 18.0. The molecule has 2 aromatic rings. The summed E-state index contributed by atoms with van der Waals surface area (Å²) in [6, 6.07) is 1.09.